The lowest BCUT2D eigenvalue weighted by Crippen LogP contribution is -2.49. The minimum atomic E-state index is -4.73. The highest BCUT2D eigenvalue weighted by Crippen LogP contribution is 2.38. The van der Waals surface area contributed by atoms with Crippen LogP contribution < -0.4 is 4.90 Å². The third kappa shape index (κ3) is 7.48. The van der Waals surface area contributed by atoms with Crippen LogP contribution >= 0.6 is 12.2 Å². The molecule has 9 nitrogen and oxygen atoms in total. The lowest BCUT2D eigenvalue weighted by molar-refractivity contribution is -0.138. The fourth-order valence-corrected chi connectivity index (χ4v) is 5.35. The SMILES string of the molecule is COCCOCC(=O)N1CCN(CCCCCN2C(=S)N(c3ccc(C#N)c(C(F)(F)F)c3)C(=O)C2(C)C)CC1. The molecule has 1 aromatic rings. The zero-order valence-electron chi connectivity index (χ0n) is 23.1. The normalized spacial score (nSPS) is 18.0. The van der Waals surface area contributed by atoms with Crippen LogP contribution in [0.1, 0.15) is 44.2 Å². The van der Waals surface area contributed by atoms with E-state index in [-0.39, 0.29) is 23.3 Å². The molecule has 2 aliphatic heterocycles. The Bertz CT molecular complexity index is 1120. The molecule has 0 unspecified atom stereocenters. The van der Waals surface area contributed by atoms with Crippen molar-refractivity contribution in [2.24, 2.45) is 0 Å². The van der Waals surface area contributed by atoms with E-state index in [2.05, 4.69) is 4.90 Å². The van der Waals surface area contributed by atoms with Crippen molar-refractivity contribution in [3.63, 3.8) is 0 Å². The van der Waals surface area contributed by atoms with Crippen LogP contribution in [0, 0.1) is 11.3 Å². The number of hydrogen-bond acceptors (Lipinski definition) is 7. The highest BCUT2D eigenvalue weighted by molar-refractivity contribution is 7.80. The number of thiocarbonyl (C=S) groups is 1. The number of benzene rings is 1. The summed E-state index contributed by atoms with van der Waals surface area (Å²) in [6.07, 6.45) is -2.17. The molecule has 2 saturated heterocycles. The average Bonchev–Trinajstić information content (AvgIpc) is 3.09. The number of carbonyl (C=O) groups excluding carboxylic acids is 2. The van der Waals surface area contributed by atoms with Crippen LogP contribution in [-0.4, -0.2) is 103 Å². The highest BCUT2D eigenvalue weighted by Gasteiger charge is 2.49. The van der Waals surface area contributed by atoms with Gasteiger partial charge in [0.1, 0.15) is 12.1 Å². The molecule has 3 rings (SSSR count). The van der Waals surface area contributed by atoms with Crippen LogP contribution in [0.5, 0.6) is 0 Å². The Kier molecular flexibility index (Phi) is 10.9. The molecule has 0 N–H and O–H groups in total. The Morgan fingerprint density at radius 2 is 1.77 bits per heavy atom. The van der Waals surface area contributed by atoms with Gasteiger partial charge in [0.25, 0.3) is 5.91 Å². The van der Waals surface area contributed by atoms with Gasteiger partial charge in [-0.3, -0.25) is 19.4 Å². The number of ether oxygens (including phenoxy) is 2. The first kappa shape index (κ1) is 31.7. The van der Waals surface area contributed by atoms with E-state index in [0.717, 1.165) is 55.9 Å². The highest BCUT2D eigenvalue weighted by atomic mass is 32.1. The first-order chi connectivity index (χ1) is 18.9. The molecule has 2 fully saturated rings. The number of alkyl halides is 3. The van der Waals surface area contributed by atoms with Crippen LogP contribution in [0.3, 0.4) is 0 Å². The summed E-state index contributed by atoms with van der Waals surface area (Å²) in [4.78, 5) is 32.5. The van der Waals surface area contributed by atoms with E-state index in [1.54, 1.807) is 31.9 Å². The maximum atomic E-state index is 13.5. The molecular weight excluding hydrogens is 547 g/mol. The molecule has 0 spiro atoms. The number of anilines is 1. The molecule has 1 aromatic carbocycles. The Hall–Kier alpha value is -2.79. The molecule has 0 saturated carbocycles. The van der Waals surface area contributed by atoms with Crippen molar-refractivity contribution in [2.75, 3.05) is 71.1 Å². The van der Waals surface area contributed by atoms with Crippen LogP contribution in [0.15, 0.2) is 18.2 Å². The van der Waals surface area contributed by atoms with Gasteiger partial charge < -0.3 is 19.3 Å². The predicted octanol–water partition coefficient (Wildman–Crippen LogP) is 3.27. The van der Waals surface area contributed by atoms with Crippen LogP contribution in [-0.2, 0) is 25.2 Å². The Morgan fingerprint density at radius 3 is 2.40 bits per heavy atom. The molecule has 0 radical (unpaired) electrons. The fraction of sp³-hybridized carbons (Fsp3) is 0.630. The maximum Gasteiger partial charge on any atom is 0.417 e. The number of unbranched alkanes of at least 4 members (excludes halogenated alkanes) is 2. The van der Waals surface area contributed by atoms with Crippen LogP contribution in [0.4, 0.5) is 18.9 Å². The van der Waals surface area contributed by atoms with Crippen molar-refractivity contribution in [1.29, 1.82) is 5.26 Å². The van der Waals surface area contributed by atoms with Gasteiger partial charge in [-0.15, -0.1) is 0 Å². The molecule has 2 aliphatic rings. The summed E-state index contributed by atoms with van der Waals surface area (Å²) in [6.45, 7) is 8.60. The lowest BCUT2D eigenvalue weighted by atomic mass is 10.0. The van der Waals surface area contributed by atoms with Gasteiger partial charge in [0.15, 0.2) is 5.11 Å². The summed E-state index contributed by atoms with van der Waals surface area (Å²) in [6, 6.07) is 4.75. The molecule has 0 atom stereocenters. The minimum absolute atomic E-state index is 0.00365. The van der Waals surface area contributed by atoms with Gasteiger partial charge in [0, 0.05) is 39.8 Å². The van der Waals surface area contributed by atoms with Crippen molar-refractivity contribution in [1.82, 2.24) is 14.7 Å². The van der Waals surface area contributed by atoms with E-state index in [4.69, 9.17) is 27.0 Å². The maximum absolute atomic E-state index is 13.5. The number of nitriles is 1. The van der Waals surface area contributed by atoms with E-state index in [1.807, 2.05) is 4.90 Å². The quantitative estimate of drug-likeness (QED) is 0.274. The number of rotatable bonds is 12. The standard InChI is InChI=1S/C27H36F3N5O4S/c1-26(2)24(37)35(21-8-7-20(18-31)22(17-21)27(28,29)30)25(40)34(26)10-6-4-5-9-32-11-13-33(14-12-32)23(36)19-39-16-15-38-3/h7-8,17H,4-6,9-16,19H2,1-3H3. The number of methoxy groups -OCH3 is 1. The molecular formula is C27H36F3N5O4S. The van der Waals surface area contributed by atoms with Crippen molar-refractivity contribution in [2.45, 2.75) is 44.8 Å². The predicted molar refractivity (Wildman–Crippen MR) is 147 cm³/mol. The van der Waals surface area contributed by atoms with E-state index >= 15 is 0 Å². The zero-order chi connectivity index (χ0) is 29.5. The summed E-state index contributed by atoms with van der Waals surface area (Å²) in [5.74, 6) is -0.425. The topological polar surface area (TPSA) is 89.3 Å². The second-order valence-corrected chi connectivity index (χ2v) is 10.7. The number of hydrogen-bond donors (Lipinski definition) is 0. The molecule has 220 valence electrons. The van der Waals surface area contributed by atoms with Gasteiger partial charge >= 0.3 is 6.18 Å². The summed E-state index contributed by atoms with van der Waals surface area (Å²) in [5, 5.41) is 9.23. The van der Waals surface area contributed by atoms with E-state index in [0.29, 0.717) is 32.8 Å². The number of halogens is 3. The zero-order valence-corrected chi connectivity index (χ0v) is 23.9. The number of carbonyl (C=O) groups is 2. The van der Waals surface area contributed by atoms with Gasteiger partial charge in [-0.2, -0.15) is 18.4 Å². The molecule has 2 amide bonds. The van der Waals surface area contributed by atoms with Gasteiger partial charge in [0.2, 0.25) is 5.91 Å². The third-order valence-electron chi connectivity index (χ3n) is 7.25. The average molecular weight is 584 g/mol. The van der Waals surface area contributed by atoms with Gasteiger partial charge in [-0.1, -0.05) is 6.42 Å². The summed E-state index contributed by atoms with van der Waals surface area (Å²) in [7, 11) is 1.58. The van der Waals surface area contributed by atoms with E-state index in [1.165, 1.54) is 6.07 Å². The molecule has 40 heavy (non-hydrogen) atoms. The van der Waals surface area contributed by atoms with Crippen molar-refractivity contribution < 1.29 is 32.2 Å². The second kappa shape index (κ2) is 13.7. The summed E-state index contributed by atoms with van der Waals surface area (Å²) in [5.41, 5.74) is -2.62. The Morgan fingerprint density at radius 1 is 1.10 bits per heavy atom. The molecule has 0 aromatic heterocycles. The Labute approximate surface area is 238 Å². The van der Waals surface area contributed by atoms with E-state index < -0.39 is 28.7 Å². The summed E-state index contributed by atoms with van der Waals surface area (Å²) >= 11 is 5.55. The summed E-state index contributed by atoms with van der Waals surface area (Å²) < 4.78 is 50.7. The third-order valence-corrected chi connectivity index (χ3v) is 7.65. The van der Waals surface area contributed by atoms with Gasteiger partial charge in [-0.25, -0.2) is 0 Å². The van der Waals surface area contributed by atoms with Crippen molar-refractivity contribution >= 4 is 34.8 Å². The first-order valence-corrected chi connectivity index (χ1v) is 13.7. The Balaban J connectivity index is 1.47. The van der Waals surface area contributed by atoms with Crippen molar-refractivity contribution in [3.05, 3.63) is 29.3 Å². The first-order valence-electron chi connectivity index (χ1n) is 13.3. The monoisotopic (exact) mass is 583 g/mol. The fourth-order valence-electron chi connectivity index (χ4n) is 4.84. The number of piperazine rings is 1. The smallest absolute Gasteiger partial charge is 0.382 e. The second-order valence-electron chi connectivity index (χ2n) is 10.3. The van der Waals surface area contributed by atoms with Gasteiger partial charge in [0.05, 0.1) is 36.1 Å². The minimum Gasteiger partial charge on any atom is -0.382 e. The number of amides is 2. The molecule has 0 aliphatic carbocycles. The number of nitrogens with zero attached hydrogens (tertiary/aromatic N) is 5. The molecule has 0 bridgehead atoms. The van der Waals surface area contributed by atoms with Crippen LogP contribution in [0.25, 0.3) is 0 Å². The van der Waals surface area contributed by atoms with Crippen molar-refractivity contribution in [3.8, 4) is 6.07 Å². The molecule has 2 heterocycles. The van der Waals surface area contributed by atoms with Gasteiger partial charge in [-0.05, 0) is 63.7 Å². The largest absolute Gasteiger partial charge is 0.417 e. The van der Waals surface area contributed by atoms with E-state index in [9.17, 15) is 22.8 Å². The van der Waals surface area contributed by atoms with Crippen LogP contribution in [0.2, 0.25) is 0 Å². The lowest BCUT2D eigenvalue weighted by Gasteiger charge is -2.34. The molecule has 13 heteroatoms.